The molecule has 6 heteroatoms. The molecule has 1 unspecified atom stereocenters. The number of hydrogen-bond acceptors (Lipinski definition) is 4. The van der Waals surface area contributed by atoms with E-state index in [-0.39, 0.29) is 11.9 Å². The molecule has 1 atom stereocenters. The molecule has 0 saturated heterocycles. The zero-order chi connectivity index (χ0) is 15.4. The van der Waals surface area contributed by atoms with Crippen LogP contribution in [0.3, 0.4) is 0 Å². The number of hydrogen-bond donors (Lipinski definition) is 2. The standard InChI is InChI=1S/C15H16BrFN2O2/c1-20-13-4-3-9(7-14(13)21-2)15(19-18)10-5-11(16)8-12(17)6-10/h3-8,15,19H,18H2,1-2H3. The minimum Gasteiger partial charge on any atom is -0.493 e. The molecule has 0 aliphatic heterocycles. The number of halogens is 2. The van der Waals surface area contributed by atoms with Gasteiger partial charge in [0.15, 0.2) is 11.5 Å². The Morgan fingerprint density at radius 1 is 1.05 bits per heavy atom. The highest BCUT2D eigenvalue weighted by Gasteiger charge is 2.16. The Kier molecular flexibility index (Phi) is 5.17. The highest BCUT2D eigenvalue weighted by atomic mass is 79.9. The van der Waals surface area contributed by atoms with Crippen molar-refractivity contribution in [2.45, 2.75) is 6.04 Å². The maximum Gasteiger partial charge on any atom is 0.161 e. The molecule has 0 fully saturated rings. The quantitative estimate of drug-likeness (QED) is 0.639. The van der Waals surface area contributed by atoms with Crippen LogP contribution in [0.2, 0.25) is 0 Å². The van der Waals surface area contributed by atoms with Crippen molar-refractivity contribution in [1.29, 1.82) is 0 Å². The van der Waals surface area contributed by atoms with Gasteiger partial charge >= 0.3 is 0 Å². The zero-order valence-corrected chi connectivity index (χ0v) is 13.3. The fourth-order valence-corrected chi connectivity index (χ4v) is 2.64. The van der Waals surface area contributed by atoms with Gasteiger partial charge in [-0.1, -0.05) is 22.0 Å². The van der Waals surface area contributed by atoms with Gasteiger partial charge in [0.25, 0.3) is 0 Å². The van der Waals surface area contributed by atoms with Gasteiger partial charge in [0, 0.05) is 4.47 Å². The Morgan fingerprint density at radius 3 is 2.33 bits per heavy atom. The number of hydrazine groups is 1. The van der Waals surface area contributed by atoms with Crippen molar-refractivity contribution in [3.05, 3.63) is 57.8 Å². The van der Waals surface area contributed by atoms with E-state index >= 15 is 0 Å². The van der Waals surface area contributed by atoms with Crippen molar-refractivity contribution in [2.75, 3.05) is 14.2 Å². The van der Waals surface area contributed by atoms with E-state index in [1.54, 1.807) is 20.3 Å². The van der Waals surface area contributed by atoms with Gasteiger partial charge in [0.1, 0.15) is 5.82 Å². The lowest BCUT2D eigenvalue weighted by atomic mass is 9.99. The maximum atomic E-state index is 13.6. The summed E-state index contributed by atoms with van der Waals surface area (Å²) in [4.78, 5) is 0. The second-order valence-corrected chi connectivity index (χ2v) is 5.33. The molecule has 0 heterocycles. The fraction of sp³-hybridized carbons (Fsp3) is 0.200. The van der Waals surface area contributed by atoms with Crippen LogP contribution in [0.25, 0.3) is 0 Å². The van der Waals surface area contributed by atoms with Crippen LogP contribution in [-0.4, -0.2) is 14.2 Å². The molecule has 0 spiro atoms. The first kappa shape index (κ1) is 15.8. The molecular formula is C15H16BrFN2O2. The number of benzene rings is 2. The summed E-state index contributed by atoms with van der Waals surface area (Å²) in [7, 11) is 3.13. The predicted octanol–water partition coefficient (Wildman–Crippen LogP) is 3.16. The normalized spacial score (nSPS) is 12.0. The Hall–Kier alpha value is -1.63. The second-order valence-electron chi connectivity index (χ2n) is 4.42. The summed E-state index contributed by atoms with van der Waals surface area (Å²) < 4.78 is 24.7. The van der Waals surface area contributed by atoms with Crippen LogP contribution >= 0.6 is 15.9 Å². The van der Waals surface area contributed by atoms with Crippen LogP contribution in [0.1, 0.15) is 17.2 Å². The molecule has 0 saturated carbocycles. The number of nitrogens with two attached hydrogens (primary N) is 1. The summed E-state index contributed by atoms with van der Waals surface area (Å²) in [5.74, 6) is 6.52. The second kappa shape index (κ2) is 6.89. The minimum absolute atomic E-state index is 0.333. The molecule has 0 amide bonds. The molecule has 2 rings (SSSR count). The molecule has 2 aromatic carbocycles. The third-order valence-corrected chi connectivity index (χ3v) is 3.58. The summed E-state index contributed by atoms with van der Waals surface area (Å²) in [6.45, 7) is 0. The first-order valence-electron chi connectivity index (χ1n) is 6.23. The molecule has 0 aromatic heterocycles. The van der Waals surface area contributed by atoms with Crippen LogP contribution in [0.4, 0.5) is 4.39 Å². The molecule has 4 nitrogen and oxygen atoms in total. The van der Waals surface area contributed by atoms with Crippen molar-refractivity contribution in [3.63, 3.8) is 0 Å². The van der Waals surface area contributed by atoms with E-state index in [9.17, 15) is 4.39 Å². The lowest BCUT2D eigenvalue weighted by molar-refractivity contribution is 0.354. The summed E-state index contributed by atoms with van der Waals surface area (Å²) >= 11 is 3.28. The minimum atomic E-state index is -0.364. The third kappa shape index (κ3) is 3.53. The van der Waals surface area contributed by atoms with Crippen molar-refractivity contribution < 1.29 is 13.9 Å². The van der Waals surface area contributed by atoms with E-state index in [0.717, 1.165) is 5.56 Å². The molecule has 21 heavy (non-hydrogen) atoms. The molecule has 2 aromatic rings. The summed E-state index contributed by atoms with van der Waals surface area (Å²) in [5, 5.41) is 0. The van der Waals surface area contributed by atoms with Crippen LogP contribution in [0.15, 0.2) is 40.9 Å². The van der Waals surface area contributed by atoms with E-state index in [1.807, 2.05) is 18.2 Å². The highest BCUT2D eigenvalue weighted by molar-refractivity contribution is 9.10. The Labute approximate surface area is 131 Å². The van der Waals surface area contributed by atoms with Gasteiger partial charge in [-0.25, -0.2) is 9.82 Å². The monoisotopic (exact) mass is 354 g/mol. The summed E-state index contributed by atoms with van der Waals surface area (Å²) in [6.07, 6.45) is 0. The van der Waals surface area contributed by atoms with Crippen LogP contribution in [0.5, 0.6) is 11.5 Å². The van der Waals surface area contributed by atoms with E-state index in [0.29, 0.717) is 21.5 Å². The number of ether oxygens (including phenoxy) is 2. The highest BCUT2D eigenvalue weighted by Crippen LogP contribution is 2.32. The number of methoxy groups -OCH3 is 2. The maximum absolute atomic E-state index is 13.6. The SMILES string of the molecule is COc1ccc(C(NN)c2cc(F)cc(Br)c2)cc1OC. The first-order chi connectivity index (χ1) is 10.1. The van der Waals surface area contributed by atoms with Crippen molar-refractivity contribution in [2.24, 2.45) is 5.84 Å². The third-order valence-electron chi connectivity index (χ3n) is 3.13. The Balaban J connectivity index is 2.45. The molecular weight excluding hydrogens is 339 g/mol. The molecule has 0 aliphatic rings. The van der Waals surface area contributed by atoms with Crippen molar-refractivity contribution in [3.8, 4) is 11.5 Å². The Morgan fingerprint density at radius 2 is 1.76 bits per heavy atom. The zero-order valence-electron chi connectivity index (χ0n) is 11.7. The van der Waals surface area contributed by atoms with E-state index in [2.05, 4.69) is 21.4 Å². The molecule has 0 aliphatic carbocycles. The largest absolute Gasteiger partial charge is 0.493 e. The van der Waals surface area contributed by atoms with Gasteiger partial charge in [0.2, 0.25) is 0 Å². The lowest BCUT2D eigenvalue weighted by Gasteiger charge is -2.19. The van der Waals surface area contributed by atoms with E-state index in [4.69, 9.17) is 15.3 Å². The summed E-state index contributed by atoms with van der Waals surface area (Å²) in [6, 6.07) is 9.72. The molecule has 0 radical (unpaired) electrons. The van der Waals surface area contributed by atoms with Gasteiger partial charge in [0.05, 0.1) is 20.3 Å². The van der Waals surface area contributed by atoms with Gasteiger partial charge in [-0.2, -0.15) is 0 Å². The topological polar surface area (TPSA) is 56.5 Å². The van der Waals surface area contributed by atoms with Crippen LogP contribution in [-0.2, 0) is 0 Å². The van der Waals surface area contributed by atoms with Gasteiger partial charge in [-0.3, -0.25) is 5.84 Å². The van der Waals surface area contributed by atoms with Crippen LogP contribution < -0.4 is 20.7 Å². The molecule has 3 N–H and O–H groups in total. The van der Waals surface area contributed by atoms with Crippen molar-refractivity contribution >= 4 is 15.9 Å². The average molecular weight is 355 g/mol. The predicted molar refractivity (Wildman–Crippen MR) is 82.8 cm³/mol. The summed E-state index contributed by atoms with van der Waals surface area (Å²) in [5.41, 5.74) is 4.24. The van der Waals surface area contributed by atoms with Crippen molar-refractivity contribution in [1.82, 2.24) is 5.43 Å². The first-order valence-corrected chi connectivity index (χ1v) is 7.02. The lowest BCUT2D eigenvalue weighted by Crippen LogP contribution is -2.29. The molecule has 0 bridgehead atoms. The van der Waals surface area contributed by atoms with Gasteiger partial charge < -0.3 is 9.47 Å². The number of nitrogens with one attached hydrogen (secondary N) is 1. The van der Waals surface area contributed by atoms with E-state index < -0.39 is 0 Å². The van der Waals surface area contributed by atoms with E-state index in [1.165, 1.54) is 12.1 Å². The van der Waals surface area contributed by atoms with Gasteiger partial charge in [-0.15, -0.1) is 0 Å². The van der Waals surface area contributed by atoms with Crippen LogP contribution in [0, 0.1) is 5.82 Å². The Bertz CT molecular complexity index is 617. The average Bonchev–Trinajstić information content (AvgIpc) is 2.46. The molecule has 112 valence electrons. The smallest absolute Gasteiger partial charge is 0.161 e. The fourth-order valence-electron chi connectivity index (χ4n) is 2.16. The van der Waals surface area contributed by atoms with Gasteiger partial charge in [-0.05, 0) is 41.5 Å². The number of rotatable bonds is 5.